The molecule has 2 aromatic carbocycles. The van der Waals surface area contributed by atoms with Gasteiger partial charge in [-0.3, -0.25) is 4.79 Å². The summed E-state index contributed by atoms with van der Waals surface area (Å²) in [7, 11) is 0. The van der Waals surface area contributed by atoms with E-state index in [0.29, 0.717) is 0 Å². The fourth-order valence-electron chi connectivity index (χ4n) is 1.45. The number of hydrogen-bond donors (Lipinski definition) is 2. The molecule has 0 unspecified atom stereocenters. The van der Waals surface area contributed by atoms with Gasteiger partial charge in [-0.05, 0) is 24.3 Å². The molecule has 18 heavy (non-hydrogen) atoms. The van der Waals surface area contributed by atoms with Crippen LogP contribution in [0.25, 0.3) is 0 Å². The Labute approximate surface area is 106 Å². The molecule has 0 spiro atoms. The van der Waals surface area contributed by atoms with Crippen LogP contribution in [0.5, 0.6) is 0 Å². The predicted molar refractivity (Wildman–Crippen MR) is 74.3 cm³/mol. The topological polar surface area (TPSA) is 41.1 Å². The predicted octanol–water partition coefficient (Wildman–Crippen LogP) is 3.25. The zero-order valence-electron chi connectivity index (χ0n) is 9.84. The molecule has 3 heteroatoms. The largest absolute Gasteiger partial charge is 0.361 e. The minimum absolute atomic E-state index is 0.162. The number of rotatable bonds is 4. The summed E-state index contributed by atoms with van der Waals surface area (Å²) in [6.45, 7) is 0. The van der Waals surface area contributed by atoms with E-state index in [4.69, 9.17) is 0 Å². The fraction of sp³-hybridized carbons (Fsp3) is 0. The van der Waals surface area contributed by atoms with Gasteiger partial charge in [0.1, 0.15) is 0 Å². The smallest absolute Gasteiger partial charge is 0.249 e. The van der Waals surface area contributed by atoms with E-state index in [1.807, 2.05) is 60.7 Å². The molecule has 0 bridgehead atoms. The second kappa shape index (κ2) is 6.25. The molecule has 1 amide bonds. The van der Waals surface area contributed by atoms with Gasteiger partial charge in [-0.25, -0.2) is 0 Å². The van der Waals surface area contributed by atoms with Crippen molar-refractivity contribution in [3.8, 4) is 0 Å². The van der Waals surface area contributed by atoms with Crippen molar-refractivity contribution < 1.29 is 4.79 Å². The molecule has 0 aliphatic heterocycles. The average molecular weight is 238 g/mol. The fourth-order valence-corrected chi connectivity index (χ4v) is 1.45. The van der Waals surface area contributed by atoms with Crippen LogP contribution in [0.3, 0.4) is 0 Å². The highest BCUT2D eigenvalue weighted by atomic mass is 16.1. The molecular weight excluding hydrogens is 224 g/mol. The van der Waals surface area contributed by atoms with E-state index >= 15 is 0 Å². The van der Waals surface area contributed by atoms with Crippen LogP contribution in [0.1, 0.15) is 0 Å². The van der Waals surface area contributed by atoms with Gasteiger partial charge >= 0.3 is 0 Å². The lowest BCUT2D eigenvalue weighted by Gasteiger charge is -2.01. The Balaban J connectivity index is 1.85. The maximum atomic E-state index is 11.6. The molecule has 2 N–H and O–H groups in total. The number of amides is 1. The van der Waals surface area contributed by atoms with E-state index in [1.54, 1.807) is 6.20 Å². The SMILES string of the molecule is O=C(C=CNc1ccccc1)Nc1ccccc1. The Morgan fingerprint density at radius 3 is 2.00 bits per heavy atom. The Morgan fingerprint density at radius 2 is 1.39 bits per heavy atom. The average Bonchev–Trinajstić information content (AvgIpc) is 2.41. The lowest BCUT2D eigenvalue weighted by atomic mass is 10.3. The normalized spacial score (nSPS) is 10.2. The van der Waals surface area contributed by atoms with Gasteiger partial charge in [0.05, 0.1) is 0 Å². The zero-order valence-corrected chi connectivity index (χ0v) is 9.84. The number of carbonyl (C=O) groups is 1. The molecule has 0 saturated heterocycles. The number of nitrogens with one attached hydrogen (secondary N) is 2. The molecule has 2 aromatic rings. The standard InChI is InChI=1S/C15H14N2O/c18-15(17-14-9-5-2-6-10-14)11-12-16-13-7-3-1-4-8-13/h1-12,16H,(H,17,18). The van der Waals surface area contributed by atoms with E-state index < -0.39 is 0 Å². The van der Waals surface area contributed by atoms with Gasteiger partial charge in [0.25, 0.3) is 0 Å². The summed E-state index contributed by atoms with van der Waals surface area (Å²) in [6.07, 6.45) is 3.08. The van der Waals surface area contributed by atoms with Crippen molar-refractivity contribution in [1.82, 2.24) is 0 Å². The van der Waals surface area contributed by atoms with E-state index in [-0.39, 0.29) is 5.91 Å². The van der Waals surface area contributed by atoms with Crippen LogP contribution < -0.4 is 10.6 Å². The van der Waals surface area contributed by atoms with Crippen molar-refractivity contribution in [3.05, 3.63) is 72.9 Å². The van der Waals surface area contributed by atoms with Crippen LogP contribution in [0, 0.1) is 0 Å². The van der Waals surface area contributed by atoms with Gasteiger partial charge in [0, 0.05) is 23.7 Å². The van der Waals surface area contributed by atoms with Crippen LogP contribution in [0.15, 0.2) is 72.9 Å². The first-order valence-corrected chi connectivity index (χ1v) is 5.69. The highest BCUT2D eigenvalue weighted by Crippen LogP contribution is 2.06. The zero-order chi connectivity index (χ0) is 12.6. The number of carbonyl (C=O) groups excluding carboxylic acids is 1. The molecular formula is C15H14N2O. The monoisotopic (exact) mass is 238 g/mol. The van der Waals surface area contributed by atoms with Crippen molar-refractivity contribution >= 4 is 17.3 Å². The van der Waals surface area contributed by atoms with Crippen LogP contribution in [0.2, 0.25) is 0 Å². The van der Waals surface area contributed by atoms with Crippen LogP contribution in [-0.4, -0.2) is 5.91 Å². The summed E-state index contributed by atoms with van der Waals surface area (Å²) in [5.74, 6) is -0.162. The molecule has 0 aliphatic carbocycles. The summed E-state index contributed by atoms with van der Waals surface area (Å²) in [5, 5.41) is 5.78. The van der Waals surface area contributed by atoms with Gasteiger partial charge in [0.15, 0.2) is 0 Å². The van der Waals surface area contributed by atoms with E-state index in [9.17, 15) is 4.79 Å². The summed E-state index contributed by atoms with van der Waals surface area (Å²) >= 11 is 0. The Morgan fingerprint density at radius 1 is 0.833 bits per heavy atom. The highest BCUT2D eigenvalue weighted by Gasteiger charge is 1.95. The molecule has 0 fully saturated rings. The number of para-hydroxylation sites is 2. The lowest BCUT2D eigenvalue weighted by Crippen LogP contribution is -2.08. The molecule has 0 radical (unpaired) electrons. The van der Waals surface area contributed by atoms with Crippen molar-refractivity contribution in [3.63, 3.8) is 0 Å². The van der Waals surface area contributed by atoms with Crippen LogP contribution >= 0.6 is 0 Å². The number of hydrogen-bond acceptors (Lipinski definition) is 2. The Hall–Kier alpha value is -2.55. The third kappa shape index (κ3) is 3.79. The quantitative estimate of drug-likeness (QED) is 0.803. The van der Waals surface area contributed by atoms with Gasteiger partial charge in [-0.2, -0.15) is 0 Å². The third-order valence-electron chi connectivity index (χ3n) is 2.30. The minimum atomic E-state index is -0.162. The van der Waals surface area contributed by atoms with Crippen molar-refractivity contribution in [2.24, 2.45) is 0 Å². The molecule has 0 saturated carbocycles. The summed E-state index contributed by atoms with van der Waals surface area (Å²) in [5.41, 5.74) is 1.73. The van der Waals surface area contributed by atoms with E-state index in [1.165, 1.54) is 6.08 Å². The summed E-state index contributed by atoms with van der Waals surface area (Å²) in [6, 6.07) is 19.0. The van der Waals surface area contributed by atoms with Gasteiger partial charge in [-0.1, -0.05) is 36.4 Å². The van der Waals surface area contributed by atoms with Gasteiger partial charge in [0.2, 0.25) is 5.91 Å². The first-order valence-electron chi connectivity index (χ1n) is 5.69. The highest BCUT2D eigenvalue weighted by molar-refractivity contribution is 5.99. The van der Waals surface area contributed by atoms with Crippen LogP contribution in [-0.2, 0) is 4.79 Å². The van der Waals surface area contributed by atoms with E-state index in [2.05, 4.69) is 10.6 Å². The summed E-state index contributed by atoms with van der Waals surface area (Å²) in [4.78, 5) is 11.6. The Bertz CT molecular complexity index is 521. The first kappa shape index (κ1) is 11.9. The first-order chi connectivity index (χ1) is 8.84. The van der Waals surface area contributed by atoms with Crippen molar-refractivity contribution in [1.29, 1.82) is 0 Å². The maximum Gasteiger partial charge on any atom is 0.249 e. The van der Waals surface area contributed by atoms with Crippen LogP contribution in [0.4, 0.5) is 11.4 Å². The van der Waals surface area contributed by atoms with Gasteiger partial charge in [-0.15, -0.1) is 0 Å². The molecule has 3 nitrogen and oxygen atoms in total. The molecule has 0 heterocycles. The lowest BCUT2D eigenvalue weighted by molar-refractivity contribution is -0.111. The summed E-state index contributed by atoms with van der Waals surface area (Å²) < 4.78 is 0. The van der Waals surface area contributed by atoms with Gasteiger partial charge < -0.3 is 10.6 Å². The molecule has 0 aliphatic rings. The number of benzene rings is 2. The molecule has 0 aromatic heterocycles. The minimum Gasteiger partial charge on any atom is -0.361 e. The third-order valence-corrected chi connectivity index (χ3v) is 2.30. The maximum absolute atomic E-state index is 11.6. The Kier molecular flexibility index (Phi) is 4.14. The molecule has 0 atom stereocenters. The number of anilines is 2. The van der Waals surface area contributed by atoms with E-state index in [0.717, 1.165) is 11.4 Å². The molecule has 2 rings (SSSR count). The van der Waals surface area contributed by atoms with Crippen molar-refractivity contribution in [2.45, 2.75) is 0 Å². The molecule has 90 valence electrons. The second-order valence-corrected chi connectivity index (χ2v) is 3.70. The second-order valence-electron chi connectivity index (χ2n) is 3.70. The van der Waals surface area contributed by atoms with Crippen molar-refractivity contribution in [2.75, 3.05) is 10.6 Å².